The first kappa shape index (κ1) is 17.6. The highest BCUT2D eigenvalue weighted by atomic mass is 32.2. The monoisotopic (exact) mass is 349 g/mol. The third-order valence-electron chi connectivity index (χ3n) is 3.14. The first-order valence-corrected chi connectivity index (χ1v) is 8.64. The average molecular weight is 349 g/mol. The van der Waals surface area contributed by atoms with Crippen LogP contribution in [0.25, 0.3) is 0 Å². The molecule has 0 unspecified atom stereocenters. The molecule has 0 aliphatic carbocycles. The Morgan fingerprint density at radius 3 is 2.25 bits per heavy atom. The summed E-state index contributed by atoms with van der Waals surface area (Å²) in [6.07, 6.45) is 3.83. The Hall–Kier alpha value is -2.74. The van der Waals surface area contributed by atoms with E-state index in [0.29, 0.717) is 6.42 Å². The van der Waals surface area contributed by atoms with Crippen molar-refractivity contribution in [3.05, 3.63) is 59.9 Å². The lowest BCUT2D eigenvalue weighted by Gasteiger charge is -2.06. The Labute approximate surface area is 138 Å². The van der Waals surface area contributed by atoms with Gasteiger partial charge in [0.05, 0.1) is 17.1 Å². The molecule has 24 heavy (non-hydrogen) atoms. The highest BCUT2D eigenvalue weighted by Gasteiger charge is 2.19. The van der Waals surface area contributed by atoms with E-state index >= 15 is 0 Å². The molecule has 0 amide bonds. The number of hydrogen-bond acceptors (Lipinski definition) is 6. The van der Waals surface area contributed by atoms with Gasteiger partial charge in [0.25, 0.3) is 0 Å². The van der Waals surface area contributed by atoms with E-state index in [9.17, 15) is 18.0 Å². The minimum atomic E-state index is -3.91. The quantitative estimate of drug-likeness (QED) is 0.751. The molecule has 0 fully saturated rings. The summed E-state index contributed by atoms with van der Waals surface area (Å²) in [6, 6.07) is 8.61. The average Bonchev–Trinajstić information content (AvgIpc) is 2.55. The highest BCUT2D eigenvalue weighted by Crippen LogP contribution is 2.13. The fraction of sp³-hybridized carbons (Fsp3) is 0.188. The van der Waals surface area contributed by atoms with E-state index < -0.39 is 27.5 Å². The molecule has 1 aromatic carbocycles. The van der Waals surface area contributed by atoms with Crippen molar-refractivity contribution >= 4 is 21.8 Å². The summed E-state index contributed by atoms with van der Waals surface area (Å²) in [5, 5.41) is 8.59. The molecule has 1 aromatic heterocycles. The van der Waals surface area contributed by atoms with E-state index in [4.69, 9.17) is 9.84 Å². The van der Waals surface area contributed by atoms with E-state index in [-0.39, 0.29) is 17.1 Å². The van der Waals surface area contributed by atoms with Gasteiger partial charge in [0.1, 0.15) is 0 Å². The number of carbonyl (C=O) groups excluding carboxylic acids is 1. The zero-order chi connectivity index (χ0) is 17.6. The lowest BCUT2D eigenvalue weighted by atomic mass is 10.2. The standard InChI is InChI=1S/C16H15NO6S/c18-15(19)11-24(21,22)14-3-1-13(2-4-14)16(20)23-10-7-12-5-8-17-9-6-12/h1-6,8-9H,7,10-11H2,(H,18,19). The highest BCUT2D eigenvalue weighted by molar-refractivity contribution is 7.92. The second-order valence-electron chi connectivity index (χ2n) is 4.92. The molecule has 0 spiro atoms. The number of aromatic nitrogens is 1. The van der Waals surface area contributed by atoms with Crippen molar-refractivity contribution < 1.29 is 27.9 Å². The largest absolute Gasteiger partial charge is 0.480 e. The van der Waals surface area contributed by atoms with Crippen LogP contribution in [0.15, 0.2) is 53.7 Å². The van der Waals surface area contributed by atoms with Crippen LogP contribution >= 0.6 is 0 Å². The number of ether oxygens (including phenoxy) is 1. The topological polar surface area (TPSA) is 111 Å². The SMILES string of the molecule is O=C(O)CS(=O)(=O)c1ccc(C(=O)OCCc2ccncc2)cc1. The summed E-state index contributed by atoms with van der Waals surface area (Å²) < 4.78 is 28.6. The smallest absolute Gasteiger partial charge is 0.338 e. The van der Waals surface area contributed by atoms with Crippen molar-refractivity contribution in [1.29, 1.82) is 0 Å². The zero-order valence-corrected chi connectivity index (χ0v) is 13.4. The minimum Gasteiger partial charge on any atom is -0.480 e. The van der Waals surface area contributed by atoms with Crippen LogP contribution in [-0.4, -0.2) is 42.8 Å². The number of sulfone groups is 1. The van der Waals surface area contributed by atoms with Gasteiger partial charge in [-0.15, -0.1) is 0 Å². The molecule has 8 heteroatoms. The number of carbonyl (C=O) groups is 2. The second-order valence-corrected chi connectivity index (χ2v) is 6.91. The maximum absolute atomic E-state index is 11.9. The van der Waals surface area contributed by atoms with Crippen LogP contribution in [-0.2, 0) is 25.8 Å². The van der Waals surface area contributed by atoms with Crippen LogP contribution in [0.2, 0.25) is 0 Å². The summed E-state index contributed by atoms with van der Waals surface area (Å²) in [7, 11) is -3.91. The fourth-order valence-corrected chi connectivity index (χ4v) is 2.98. The number of hydrogen-bond donors (Lipinski definition) is 1. The molecule has 2 rings (SSSR count). The molecule has 7 nitrogen and oxygen atoms in total. The number of rotatable bonds is 7. The lowest BCUT2D eigenvalue weighted by Crippen LogP contribution is -2.15. The Morgan fingerprint density at radius 2 is 1.67 bits per heavy atom. The predicted molar refractivity (Wildman–Crippen MR) is 84.4 cm³/mol. The van der Waals surface area contributed by atoms with Crippen molar-refractivity contribution in [2.75, 3.05) is 12.4 Å². The number of nitrogens with zero attached hydrogens (tertiary/aromatic N) is 1. The van der Waals surface area contributed by atoms with Gasteiger partial charge in [0.15, 0.2) is 15.6 Å². The second kappa shape index (κ2) is 7.69. The summed E-state index contributed by atoms with van der Waals surface area (Å²) in [5.74, 6) is -3.01. The molecule has 126 valence electrons. The molecule has 0 saturated carbocycles. The van der Waals surface area contributed by atoms with Gasteiger partial charge in [-0.2, -0.15) is 0 Å². The molecule has 0 aliphatic heterocycles. The van der Waals surface area contributed by atoms with Crippen molar-refractivity contribution in [3.63, 3.8) is 0 Å². The third-order valence-corrected chi connectivity index (χ3v) is 4.75. The predicted octanol–water partition coefficient (Wildman–Crippen LogP) is 1.34. The molecule has 0 radical (unpaired) electrons. The van der Waals surface area contributed by atoms with Gasteiger partial charge in [-0.25, -0.2) is 13.2 Å². The van der Waals surface area contributed by atoms with Gasteiger partial charge in [-0.05, 0) is 42.0 Å². The molecule has 0 atom stereocenters. The molecule has 0 bridgehead atoms. The van der Waals surface area contributed by atoms with Gasteiger partial charge < -0.3 is 9.84 Å². The first-order valence-electron chi connectivity index (χ1n) is 6.99. The van der Waals surface area contributed by atoms with E-state index in [1.165, 1.54) is 24.3 Å². The number of esters is 1. The number of carboxylic acid groups (broad SMARTS) is 1. The molecule has 2 aromatic rings. The molecule has 0 saturated heterocycles. The van der Waals surface area contributed by atoms with E-state index in [2.05, 4.69) is 4.98 Å². The molecule has 0 aliphatic rings. The Bertz CT molecular complexity index is 815. The Morgan fingerprint density at radius 1 is 1.04 bits per heavy atom. The van der Waals surface area contributed by atoms with Crippen molar-refractivity contribution in [2.45, 2.75) is 11.3 Å². The number of carboxylic acids is 1. The van der Waals surface area contributed by atoms with E-state index in [1.807, 2.05) is 12.1 Å². The van der Waals surface area contributed by atoms with Crippen LogP contribution in [0.1, 0.15) is 15.9 Å². The van der Waals surface area contributed by atoms with Crippen LogP contribution in [0.3, 0.4) is 0 Å². The summed E-state index contributed by atoms with van der Waals surface area (Å²) in [5.41, 5.74) is 1.17. The Kier molecular flexibility index (Phi) is 5.64. The van der Waals surface area contributed by atoms with E-state index in [0.717, 1.165) is 5.56 Å². The van der Waals surface area contributed by atoms with Gasteiger partial charge in [-0.3, -0.25) is 9.78 Å². The summed E-state index contributed by atoms with van der Waals surface area (Å²) in [4.78, 5) is 26.2. The van der Waals surface area contributed by atoms with Crippen molar-refractivity contribution in [3.8, 4) is 0 Å². The van der Waals surface area contributed by atoms with E-state index in [1.54, 1.807) is 12.4 Å². The number of aliphatic carboxylic acids is 1. The summed E-state index contributed by atoms with van der Waals surface area (Å²) >= 11 is 0. The molecule has 1 heterocycles. The van der Waals surface area contributed by atoms with Crippen LogP contribution in [0.5, 0.6) is 0 Å². The normalized spacial score (nSPS) is 11.0. The molecular weight excluding hydrogens is 334 g/mol. The first-order chi connectivity index (χ1) is 11.4. The number of pyridine rings is 1. The summed E-state index contributed by atoms with van der Waals surface area (Å²) in [6.45, 7) is 0.182. The third kappa shape index (κ3) is 4.88. The van der Waals surface area contributed by atoms with Crippen molar-refractivity contribution in [2.24, 2.45) is 0 Å². The number of benzene rings is 1. The lowest BCUT2D eigenvalue weighted by molar-refractivity contribution is -0.134. The van der Waals surface area contributed by atoms with Gasteiger partial charge in [0, 0.05) is 18.8 Å². The van der Waals surface area contributed by atoms with Crippen LogP contribution < -0.4 is 0 Å². The maximum atomic E-state index is 11.9. The van der Waals surface area contributed by atoms with Gasteiger partial charge in [0.2, 0.25) is 0 Å². The van der Waals surface area contributed by atoms with Crippen LogP contribution in [0.4, 0.5) is 0 Å². The zero-order valence-electron chi connectivity index (χ0n) is 12.6. The molecular formula is C16H15NO6S. The minimum absolute atomic E-state index is 0.154. The van der Waals surface area contributed by atoms with Gasteiger partial charge in [-0.1, -0.05) is 0 Å². The fourth-order valence-electron chi connectivity index (χ4n) is 1.94. The Balaban J connectivity index is 1.95. The maximum Gasteiger partial charge on any atom is 0.338 e. The van der Waals surface area contributed by atoms with Gasteiger partial charge >= 0.3 is 11.9 Å². The molecule has 1 N–H and O–H groups in total. The van der Waals surface area contributed by atoms with Crippen LogP contribution in [0, 0.1) is 0 Å². The van der Waals surface area contributed by atoms with Crippen molar-refractivity contribution in [1.82, 2.24) is 4.98 Å².